The second kappa shape index (κ2) is 6.71. The minimum Gasteiger partial charge on any atom is -0.311 e. The molecule has 0 N–H and O–H groups in total. The van der Waals surface area contributed by atoms with E-state index in [9.17, 15) is 4.79 Å². The Kier molecular flexibility index (Phi) is 4.96. The summed E-state index contributed by atoms with van der Waals surface area (Å²) in [5.41, 5.74) is 3.48. The van der Waals surface area contributed by atoms with E-state index in [2.05, 4.69) is 30.5 Å². The minimum absolute atomic E-state index is 0.195. The lowest BCUT2D eigenvalue weighted by Crippen LogP contribution is -2.43. The molecule has 0 atom stereocenters. The highest BCUT2D eigenvalue weighted by Gasteiger charge is 2.23. The number of likely N-dealkylation sites (N-methyl/N-ethyl adjacent to an activating group) is 1. The van der Waals surface area contributed by atoms with E-state index in [-0.39, 0.29) is 5.91 Å². The maximum Gasteiger partial charge on any atom is 0.241 e. The highest BCUT2D eigenvalue weighted by atomic mass is 16.2. The van der Waals surface area contributed by atoms with Gasteiger partial charge in [-0.1, -0.05) is 37.3 Å². The molecule has 0 unspecified atom stereocenters. The Bertz CT molecular complexity index is 496. The van der Waals surface area contributed by atoms with Gasteiger partial charge < -0.3 is 4.90 Å². The van der Waals surface area contributed by atoms with E-state index in [1.54, 1.807) is 0 Å². The van der Waals surface area contributed by atoms with Crippen molar-refractivity contribution in [2.45, 2.75) is 26.7 Å². The van der Waals surface area contributed by atoms with Crippen molar-refractivity contribution in [2.75, 3.05) is 31.1 Å². The SMILES string of the molecule is C=C(C)CN(CC)CC(=O)N1CCCc2ccccc21. The summed E-state index contributed by atoms with van der Waals surface area (Å²) in [6.07, 6.45) is 2.12. The van der Waals surface area contributed by atoms with E-state index in [1.165, 1.54) is 5.56 Å². The fourth-order valence-corrected chi connectivity index (χ4v) is 2.73. The molecule has 1 aromatic rings. The normalized spacial score (nSPS) is 14.2. The second-order valence-electron chi connectivity index (χ2n) is 5.54. The predicted octanol–water partition coefficient (Wildman–Crippen LogP) is 2.86. The molecule has 3 heteroatoms. The largest absolute Gasteiger partial charge is 0.311 e. The molecule has 1 heterocycles. The van der Waals surface area contributed by atoms with Crippen molar-refractivity contribution in [3.63, 3.8) is 0 Å². The van der Waals surface area contributed by atoms with Crippen molar-refractivity contribution >= 4 is 11.6 Å². The van der Waals surface area contributed by atoms with Crippen LogP contribution in [0.5, 0.6) is 0 Å². The van der Waals surface area contributed by atoms with Crippen LogP contribution >= 0.6 is 0 Å². The van der Waals surface area contributed by atoms with Crippen LogP contribution in [0, 0.1) is 0 Å². The predicted molar refractivity (Wildman–Crippen MR) is 84.0 cm³/mol. The molecule has 0 spiro atoms. The Morgan fingerprint density at radius 1 is 1.35 bits per heavy atom. The van der Waals surface area contributed by atoms with Crippen LogP contribution < -0.4 is 4.90 Å². The van der Waals surface area contributed by atoms with Gasteiger partial charge in [-0.15, -0.1) is 0 Å². The fourth-order valence-electron chi connectivity index (χ4n) is 2.73. The third-order valence-corrected chi connectivity index (χ3v) is 3.71. The number of benzene rings is 1. The van der Waals surface area contributed by atoms with E-state index in [0.29, 0.717) is 6.54 Å². The molecule has 0 bridgehead atoms. The lowest BCUT2D eigenvalue weighted by atomic mass is 10.0. The summed E-state index contributed by atoms with van der Waals surface area (Å²) in [4.78, 5) is 16.7. The highest BCUT2D eigenvalue weighted by molar-refractivity contribution is 5.95. The smallest absolute Gasteiger partial charge is 0.241 e. The summed E-state index contributed by atoms with van der Waals surface area (Å²) < 4.78 is 0. The Morgan fingerprint density at radius 3 is 2.80 bits per heavy atom. The quantitative estimate of drug-likeness (QED) is 0.770. The number of aryl methyl sites for hydroxylation is 1. The van der Waals surface area contributed by atoms with Crippen LogP contribution in [0.4, 0.5) is 5.69 Å². The van der Waals surface area contributed by atoms with Crippen LogP contribution in [-0.4, -0.2) is 37.0 Å². The van der Waals surface area contributed by atoms with Gasteiger partial charge in [0.1, 0.15) is 0 Å². The molecular formula is C17H24N2O. The van der Waals surface area contributed by atoms with Gasteiger partial charge in [0.25, 0.3) is 0 Å². The number of amides is 1. The standard InChI is InChI=1S/C17H24N2O/c1-4-18(12-14(2)3)13-17(20)19-11-7-9-15-8-5-6-10-16(15)19/h5-6,8,10H,2,4,7,9,11-13H2,1,3H3. The number of fused-ring (bicyclic) bond motifs is 1. The number of carbonyl (C=O) groups is 1. The lowest BCUT2D eigenvalue weighted by Gasteiger charge is -2.31. The van der Waals surface area contributed by atoms with Crippen LogP contribution in [0.2, 0.25) is 0 Å². The molecule has 20 heavy (non-hydrogen) atoms. The molecular weight excluding hydrogens is 248 g/mol. The third-order valence-electron chi connectivity index (χ3n) is 3.71. The van der Waals surface area contributed by atoms with Crippen LogP contribution in [0.1, 0.15) is 25.8 Å². The Hall–Kier alpha value is -1.61. The first-order chi connectivity index (χ1) is 9.61. The molecule has 1 aliphatic rings. The summed E-state index contributed by atoms with van der Waals surface area (Å²) >= 11 is 0. The number of carbonyl (C=O) groups excluding carboxylic acids is 1. The zero-order chi connectivity index (χ0) is 14.5. The molecule has 0 aliphatic carbocycles. The first-order valence-corrected chi connectivity index (χ1v) is 7.36. The van der Waals surface area contributed by atoms with Crippen LogP contribution in [0.25, 0.3) is 0 Å². The number of nitrogens with zero attached hydrogens (tertiary/aromatic N) is 2. The molecule has 0 saturated carbocycles. The topological polar surface area (TPSA) is 23.6 Å². The van der Waals surface area contributed by atoms with Crippen molar-refractivity contribution in [1.82, 2.24) is 4.90 Å². The van der Waals surface area contributed by atoms with E-state index in [0.717, 1.165) is 43.7 Å². The molecule has 0 fully saturated rings. The van der Waals surface area contributed by atoms with E-state index >= 15 is 0 Å². The maximum absolute atomic E-state index is 12.6. The van der Waals surface area contributed by atoms with Gasteiger partial charge in [-0.05, 0) is 37.9 Å². The van der Waals surface area contributed by atoms with Gasteiger partial charge in [-0.2, -0.15) is 0 Å². The number of hydrogen-bond acceptors (Lipinski definition) is 2. The molecule has 3 nitrogen and oxygen atoms in total. The van der Waals surface area contributed by atoms with Gasteiger partial charge in [-0.25, -0.2) is 0 Å². The first kappa shape index (κ1) is 14.8. The maximum atomic E-state index is 12.6. The zero-order valence-corrected chi connectivity index (χ0v) is 12.6. The van der Waals surface area contributed by atoms with Gasteiger partial charge in [0.2, 0.25) is 5.91 Å². The summed E-state index contributed by atoms with van der Waals surface area (Å²) in [6.45, 7) is 11.0. The highest BCUT2D eigenvalue weighted by Crippen LogP contribution is 2.26. The van der Waals surface area contributed by atoms with Gasteiger partial charge in [0.05, 0.1) is 6.54 Å². The molecule has 108 valence electrons. The summed E-state index contributed by atoms with van der Waals surface area (Å²) in [5, 5.41) is 0. The van der Waals surface area contributed by atoms with Gasteiger partial charge >= 0.3 is 0 Å². The summed E-state index contributed by atoms with van der Waals surface area (Å²) in [6, 6.07) is 8.24. The van der Waals surface area contributed by atoms with Crippen molar-refractivity contribution in [2.24, 2.45) is 0 Å². The minimum atomic E-state index is 0.195. The van der Waals surface area contributed by atoms with Crippen LogP contribution in [0.15, 0.2) is 36.4 Å². The summed E-state index contributed by atoms with van der Waals surface area (Å²) in [5.74, 6) is 0.195. The fraction of sp³-hybridized carbons (Fsp3) is 0.471. The van der Waals surface area contributed by atoms with Crippen molar-refractivity contribution < 1.29 is 4.79 Å². The Morgan fingerprint density at radius 2 is 2.10 bits per heavy atom. The number of para-hydroxylation sites is 1. The number of hydrogen-bond donors (Lipinski definition) is 0. The number of rotatable bonds is 5. The van der Waals surface area contributed by atoms with E-state index in [1.807, 2.05) is 24.0 Å². The zero-order valence-electron chi connectivity index (χ0n) is 12.6. The van der Waals surface area contributed by atoms with Gasteiger partial charge in [0, 0.05) is 18.8 Å². The molecule has 2 rings (SSSR count). The monoisotopic (exact) mass is 272 g/mol. The molecule has 0 radical (unpaired) electrons. The van der Waals surface area contributed by atoms with Gasteiger partial charge in [-0.3, -0.25) is 9.69 Å². The molecule has 1 amide bonds. The van der Waals surface area contributed by atoms with Crippen LogP contribution in [-0.2, 0) is 11.2 Å². The van der Waals surface area contributed by atoms with Gasteiger partial charge in [0.15, 0.2) is 0 Å². The Balaban J connectivity index is 2.08. The first-order valence-electron chi connectivity index (χ1n) is 7.36. The summed E-state index contributed by atoms with van der Waals surface area (Å²) in [7, 11) is 0. The molecule has 0 saturated heterocycles. The van der Waals surface area contributed by atoms with Crippen molar-refractivity contribution in [1.29, 1.82) is 0 Å². The van der Waals surface area contributed by atoms with Crippen molar-refractivity contribution in [3.8, 4) is 0 Å². The molecule has 1 aliphatic heterocycles. The lowest BCUT2D eigenvalue weighted by molar-refractivity contribution is -0.119. The second-order valence-corrected chi connectivity index (χ2v) is 5.54. The van der Waals surface area contributed by atoms with E-state index < -0.39 is 0 Å². The Labute approximate surface area is 121 Å². The van der Waals surface area contributed by atoms with Crippen LogP contribution in [0.3, 0.4) is 0 Å². The average molecular weight is 272 g/mol. The molecule has 0 aromatic heterocycles. The molecule has 1 aromatic carbocycles. The van der Waals surface area contributed by atoms with Crippen molar-refractivity contribution in [3.05, 3.63) is 42.0 Å². The van der Waals surface area contributed by atoms with E-state index in [4.69, 9.17) is 0 Å². The third kappa shape index (κ3) is 3.48. The number of anilines is 1. The average Bonchev–Trinajstić information content (AvgIpc) is 2.45.